The molecule has 0 spiro atoms. The molecule has 0 saturated heterocycles. The molecule has 1 fully saturated rings. The molecule has 0 amide bonds. The van der Waals surface area contributed by atoms with Crippen LogP contribution in [0.25, 0.3) is 0 Å². The third-order valence-corrected chi connectivity index (χ3v) is 1.83. The van der Waals surface area contributed by atoms with Gasteiger partial charge in [0.05, 0.1) is 0 Å². The van der Waals surface area contributed by atoms with Gasteiger partial charge in [-0.2, -0.15) is 0 Å². The van der Waals surface area contributed by atoms with Crippen LogP contribution in [0.2, 0.25) is 0 Å². The van der Waals surface area contributed by atoms with Crippen molar-refractivity contribution in [3.05, 3.63) is 16.9 Å². The van der Waals surface area contributed by atoms with E-state index in [9.17, 15) is 0 Å². The molecule has 58 valence electrons. The van der Waals surface area contributed by atoms with Gasteiger partial charge in [-0.3, -0.25) is 0 Å². The van der Waals surface area contributed by atoms with Crippen molar-refractivity contribution in [1.29, 1.82) is 0 Å². The van der Waals surface area contributed by atoms with Crippen molar-refractivity contribution in [1.82, 2.24) is 9.97 Å². The van der Waals surface area contributed by atoms with Crippen molar-refractivity contribution in [2.75, 3.05) is 5.32 Å². The van der Waals surface area contributed by atoms with Gasteiger partial charge < -0.3 is 10.3 Å². The Morgan fingerprint density at radius 2 is 2.45 bits per heavy atom. The van der Waals surface area contributed by atoms with E-state index >= 15 is 0 Å². The Morgan fingerprint density at radius 3 is 3.09 bits per heavy atom. The van der Waals surface area contributed by atoms with E-state index in [2.05, 4.69) is 15.3 Å². The second-order valence-corrected chi connectivity index (χ2v) is 3.14. The topological polar surface area (TPSA) is 40.7 Å². The summed E-state index contributed by atoms with van der Waals surface area (Å²) in [5, 5.41) is 3.22. The Bertz CT molecular complexity index is 303. The first-order valence-electron chi connectivity index (χ1n) is 3.66. The molecule has 0 radical (unpaired) electrons. The number of H-pyrrole nitrogens is 1. The molecule has 0 unspecified atom stereocenters. The molecule has 4 heteroatoms. The molecular weight excluding hydrogens is 158 g/mol. The first-order chi connectivity index (χ1) is 5.34. The highest BCUT2D eigenvalue weighted by atomic mass is 32.1. The van der Waals surface area contributed by atoms with Gasteiger partial charge in [0.15, 0.2) is 0 Å². The van der Waals surface area contributed by atoms with Crippen LogP contribution in [0.4, 0.5) is 5.95 Å². The summed E-state index contributed by atoms with van der Waals surface area (Å²) in [4.78, 5) is 7.06. The van der Waals surface area contributed by atoms with Crippen LogP contribution >= 0.6 is 12.2 Å². The van der Waals surface area contributed by atoms with Crippen molar-refractivity contribution < 1.29 is 0 Å². The van der Waals surface area contributed by atoms with E-state index in [-0.39, 0.29) is 0 Å². The van der Waals surface area contributed by atoms with Gasteiger partial charge in [-0.1, -0.05) is 12.2 Å². The third kappa shape index (κ3) is 1.77. The number of hydrogen-bond acceptors (Lipinski definition) is 3. The fourth-order valence-corrected chi connectivity index (χ4v) is 1.02. The zero-order valence-corrected chi connectivity index (χ0v) is 6.82. The molecule has 1 aliphatic rings. The lowest BCUT2D eigenvalue weighted by Crippen LogP contribution is -2.04. The summed E-state index contributed by atoms with van der Waals surface area (Å²) in [7, 11) is 0. The smallest absolute Gasteiger partial charge is 0.201 e. The monoisotopic (exact) mass is 167 g/mol. The van der Waals surface area contributed by atoms with Crippen molar-refractivity contribution in [2.45, 2.75) is 18.9 Å². The van der Waals surface area contributed by atoms with E-state index in [1.807, 2.05) is 0 Å². The minimum Gasteiger partial charge on any atom is -0.353 e. The van der Waals surface area contributed by atoms with Gasteiger partial charge in [0.2, 0.25) is 5.95 Å². The molecule has 0 bridgehead atoms. The SMILES string of the molecule is S=c1ccnc(NC2CC2)[nH]1. The van der Waals surface area contributed by atoms with Crippen molar-refractivity contribution in [3.63, 3.8) is 0 Å². The summed E-state index contributed by atoms with van der Waals surface area (Å²) < 4.78 is 0.725. The Labute approximate surface area is 69.9 Å². The predicted molar refractivity (Wildman–Crippen MR) is 46.1 cm³/mol. The van der Waals surface area contributed by atoms with Crippen LogP contribution < -0.4 is 5.32 Å². The highest BCUT2D eigenvalue weighted by Crippen LogP contribution is 2.22. The molecule has 0 aromatic carbocycles. The molecule has 1 aromatic rings. The molecule has 2 N–H and O–H groups in total. The molecule has 2 rings (SSSR count). The van der Waals surface area contributed by atoms with Crippen molar-refractivity contribution in [3.8, 4) is 0 Å². The van der Waals surface area contributed by atoms with Crippen LogP contribution in [0.1, 0.15) is 12.8 Å². The van der Waals surface area contributed by atoms with Crippen LogP contribution in [-0.4, -0.2) is 16.0 Å². The van der Waals surface area contributed by atoms with E-state index in [1.165, 1.54) is 12.8 Å². The average Bonchev–Trinajstić information content (AvgIpc) is 2.71. The summed E-state index contributed by atoms with van der Waals surface area (Å²) in [6.07, 6.45) is 4.21. The molecule has 0 aliphatic heterocycles. The summed E-state index contributed by atoms with van der Waals surface area (Å²) in [6.45, 7) is 0. The second kappa shape index (κ2) is 2.62. The van der Waals surface area contributed by atoms with Gasteiger partial charge in [0.25, 0.3) is 0 Å². The lowest BCUT2D eigenvalue weighted by Gasteiger charge is -2.00. The van der Waals surface area contributed by atoms with Crippen molar-refractivity contribution in [2.24, 2.45) is 0 Å². The van der Waals surface area contributed by atoms with Crippen LogP contribution in [0.3, 0.4) is 0 Å². The summed E-state index contributed by atoms with van der Waals surface area (Å²) in [5.41, 5.74) is 0. The molecule has 1 aliphatic carbocycles. The number of aromatic nitrogens is 2. The van der Waals surface area contributed by atoms with E-state index in [0.29, 0.717) is 6.04 Å². The summed E-state index contributed by atoms with van der Waals surface area (Å²) >= 11 is 4.94. The van der Waals surface area contributed by atoms with Crippen LogP contribution in [0, 0.1) is 4.64 Å². The minimum absolute atomic E-state index is 0.621. The maximum absolute atomic E-state index is 4.94. The minimum atomic E-state index is 0.621. The number of anilines is 1. The zero-order valence-electron chi connectivity index (χ0n) is 6.00. The normalized spacial score (nSPS) is 16.4. The standard InChI is InChI=1S/C7H9N3S/c11-6-3-4-8-7(10-6)9-5-1-2-5/h3-5H,1-2H2,(H2,8,9,10,11). The number of nitrogens with zero attached hydrogens (tertiary/aromatic N) is 1. The largest absolute Gasteiger partial charge is 0.353 e. The van der Waals surface area contributed by atoms with Crippen LogP contribution in [0.15, 0.2) is 12.3 Å². The fourth-order valence-electron chi connectivity index (χ4n) is 0.865. The van der Waals surface area contributed by atoms with Crippen LogP contribution in [0.5, 0.6) is 0 Å². The quantitative estimate of drug-likeness (QED) is 0.659. The molecule has 1 aromatic heterocycles. The predicted octanol–water partition coefficient (Wildman–Crippen LogP) is 1.71. The van der Waals surface area contributed by atoms with Gasteiger partial charge >= 0.3 is 0 Å². The lowest BCUT2D eigenvalue weighted by molar-refractivity contribution is 1.05. The Hall–Kier alpha value is -0.900. The number of aromatic amines is 1. The van der Waals surface area contributed by atoms with E-state index in [0.717, 1.165) is 10.6 Å². The molecule has 0 atom stereocenters. The van der Waals surface area contributed by atoms with E-state index in [1.54, 1.807) is 12.3 Å². The zero-order chi connectivity index (χ0) is 7.68. The number of hydrogen-bond donors (Lipinski definition) is 2. The van der Waals surface area contributed by atoms with Gasteiger partial charge in [0, 0.05) is 12.2 Å². The summed E-state index contributed by atoms with van der Waals surface area (Å²) in [6, 6.07) is 2.39. The number of rotatable bonds is 2. The van der Waals surface area contributed by atoms with Crippen LogP contribution in [-0.2, 0) is 0 Å². The highest BCUT2D eigenvalue weighted by Gasteiger charge is 2.21. The Kier molecular flexibility index (Phi) is 1.62. The maximum atomic E-state index is 4.94. The van der Waals surface area contributed by atoms with E-state index < -0.39 is 0 Å². The first kappa shape index (κ1) is 6.79. The van der Waals surface area contributed by atoms with Crippen molar-refractivity contribution >= 4 is 18.2 Å². The van der Waals surface area contributed by atoms with Gasteiger partial charge in [0.1, 0.15) is 4.64 Å². The second-order valence-electron chi connectivity index (χ2n) is 2.70. The summed E-state index contributed by atoms with van der Waals surface area (Å²) in [5.74, 6) is 0.792. The van der Waals surface area contributed by atoms with Gasteiger partial charge in [-0.15, -0.1) is 0 Å². The molecule has 1 heterocycles. The molecule has 3 nitrogen and oxygen atoms in total. The Balaban J connectivity index is 2.16. The fraction of sp³-hybridized carbons (Fsp3) is 0.429. The molecular formula is C7H9N3S. The molecule has 11 heavy (non-hydrogen) atoms. The van der Waals surface area contributed by atoms with Gasteiger partial charge in [-0.25, -0.2) is 4.98 Å². The highest BCUT2D eigenvalue weighted by molar-refractivity contribution is 7.71. The van der Waals surface area contributed by atoms with Gasteiger partial charge in [-0.05, 0) is 18.9 Å². The first-order valence-corrected chi connectivity index (χ1v) is 4.07. The third-order valence-electron chi connectivity index (χ3n) is 1.59. The lowest BCUT2D eigenvalue weighted by atomic mass is 10.6. The maximum Gasteiger partial charge on any atom is 0.201 e. The number of nitrogens with one attached hydrogen (secondary N) is 2. The van der Waals surface area contributed by atoms with E-state index in [4.69, 9.17) is 12.2 Å². The average molecular weight is 167 g/mol. The molecule has 1 saturated carbocycles. The Morgan fingerprint density at radius 1 is 1.64 bits per heavy atom.